The summed E-state index contributed by atoms with van der Waals surface area (Å²) in [6.45, 7) is 0.274. The van der Waals surface area contributed by atoms with Crippen molar-refractivity contribution in [2.24, 2.45) is 0 Å². The number of nitrogens with zero attached hydrogens (tertiary/aromatic N) is 1. The molecule has 2 aliphatic heterocycles. The van der Waals surface area contributed by atoms with Gasteiger partial charge in [-0.05, 0) is 41.0 Å². The smallest absolute Gasteiger partial charge is 0.255 e. The highest BCUT2D eigenvalue weighted by Gasteiger charge is 2.48. The monoisotopic (exact) mass is 425 g/mol. The number of hydrogen-bond acceptors (Lipinski definition) is 2. The van der Waals surface area contributed by atoms with Crippen LogP contribution in [0.1, 0.15) is 38.8 Å². The first-order chi connectivity index (χ1) is 15.6. The van der Waals surface area contributed by atoms with Crippen LogP contribution in [0.2, 0.25) is 0 Å². The average Bonchev–Trinajstić information content (AvgIpc) is 3.34. The van der Waals surface area contributed by atoms with E-state index in [0.717, 1.165) is 33.3 Å². The third kappa shape index (κ3) is 2.76. The second kappa shape index (κ2) is 7.05. The molecule has 3 aromatic carbocycles. The number of carbonyl (C=O) groups excluding carboxylic acids is 2. The normalized spacial score (nSPS) is 18.9. The van der Waals surface area contributed by atoms with Crippen LogP contribution < -0.4 is 5.32 Å². The molecule has 6 rings (SSSR count). The van der Waals surface area contributed by atoms with Crippen molar-refractivity contribution >= 4 is 22.7 Å². The highest BCUT2D eigenvalue weighted by atomic mass is 19.1. The molecule has 3 heterocycles. The fraction of sp³-hybridized carbons (Fsp3) is 0.154. The quantitative estimate of drug-likeness (QED) is 0.519. The molecule has 0 radical (unpaired) electrons. The molecule has 2 atom stereocenters. The highest BCUT2D eigenvalue weighted by molar-refractivity contribution is 6.03. The maximum Gasteiger partial charge on any atom is 0.255 e. The number of aromatic amines is 1. The molecule has 2 amide bonds. The lowest BCUT2D eigenvalue weighted by atomic mass is 9.90. The molecule has 5 nitrogen and oxygen atoms in total. The Hall–Kier alpha value is -3.93. The van der Waals surface area contributed by atoms with Crippen molar-refractivity contribution in [2.45, 2.75) is 25.0 Å². The molecule has 1 aromatic heterocycles. The number of H-pyrrole nitrogens is 1. The van der Waals surface area contributed by atoms with E-state index in [-0.39, 0.29) is 30.2 Å². The Kier molecular flexibility index (Phi) is 4.15. The molecule has 0 spiro atoms. The van der Waals surface area contributed by atoms with Crippen LogP contribution in [0.15, 0.2) is 72.8 Å². The van der Waals surface area contributed by atoms with Crippen LogP contribution in [0.25, 0.3) is 10.9 Å². The zero-order chi connectivity index (χ0) is 21.8. The second-order valence-electron chi connectivity index (χ2n) is 8.33. The van der Waals surface area contributed by atoms with Crippen molar-refractivity contribution in [3.8, 4) is 0 Å². The van der Waals surface area contributed by atoms with Crippen LogP contribution in [0.4, 0.5) is 4.39 Å². The van der Waals surface area contributed by atoms with Gasteiger partial charge in [0.15, 0.2) is 0 Å². The van der Waals surface area contributed by atoms with Crippen LogP contribution in [0.3, 0.4) is 0 Å². The number of hydrogen-bond donors (Lipinski definition) is 2. The van der Waals surface area contributed by atoms with E-state index >= 15 is 0 Å². The van der Waals surface area contributed by atoms with Crippen molar-refractivity contribution in [3.05, 3.63) is 107 Å². The van der Waals surface area contributed by atoms with Crippen molar-refractivity contribution < 1.29 is 14.0 Å². The lowest BCUT2D eigenvalue weighted by Crippen LogP contribution is -2.52. The molecule has 0 saturated heterocycles. The van der Waals surface area contributed by atoms with Crippen molar-refractivity contribution in [3.63, 3.8) is 0 Å². The lowest BCUT2D eigenvalue weighted by Gasteiger charge is -2.37. The minimum absolute atomic E-state index is 0.128. The van der Waals surface area contributed by atoms with Gasteiger partial charge < -0.3 is 15.2 Å². The Labute approximate surface area is 183 Å². The number of benzene rings is 3. The summed E-state index contributed by atoms with van der Waals surface area (Å²) >= 11 is 0. The van der Waals surface area contributed by atoms with E-state index in [1.807, 2.05) is 42.5 Å². The van der Waals surface area contributed by atoms with E-state index < -0.39 is 6.04 Å². The Morgan fingerprint density at radius 1 is 1.03 bits per heavy atom. The molecule has 0 aliphatic carbocycles. The summed E-state index contributed by atoms with van der Waals surface area (Å²) < 4.78 is 13.2. The number of halogens is 1. The topological polar surface area (TPSA) is 65.2 Å². The summed E-state index contributed by atoms with van der Waals surface area (Å²) in [4.78, 5) is 32.0. The van der Waals surface area contributed by atoms with Crippen molar-refractivity contribution in [1.82, 2.24) is 15.2 Å². The number of fused-ring (bicyclic) bond motifs is 7. The number of para-hydroxylation sites is 1. The highest BCUT2D eigenvalue weighted by Crippen LogP contribution is 2.46. The number of carbonyl (C=O) groups is 2. The van der Waals surface area contributed by atoms with Crippen LogP contribution >= 0.6 is 0 Å². The SMILES string of the molecule is O=C(NCc1ccc(F)cc1)[C@H]1Cc2c([nH]c3ccccc23)[C@H]2c3ccccc3C(=O)N21. The Morgan fingerprint density at radius 3 is 2.62 bits per heavy atom. The van der Waals surface area contributed by atoms with Gasteiger partial charge in [-0.15, -0.1) is 0 Å². The molecule has 0 unspecified atom stereocenters. The molecule has 0 bridgehead atoms. The summed E-state index contributed by atoms with van der Waals surface area (Å²) in [6.07, 6.45) is 0.435. The van der Waals surface area contributed by atoms with Crippen LogP contribution in [-0.4, -0.2) is 27.7 Å². The van der Waals surface area contributed by atoms with Crippen LogP contribution in [0.5, 0.6) is 0 Å². The van der Waals surface area contributed by atoms with E-state index in [9.17, 15) is 14.0 Å². The minimum atomic E-state index is -0.632. The number of aromatic nitrogens is 1. The number of amides is 2. The third-order valence-corrected chi connectivity index (χ3v) is 6.53. The van der Waals surface area contributed by atoms with E-state index in [2.05, 4.69) is 16.4 Å². The maximum atomic E-state index is 13.4. The van der Waals surface area contributed by atoms with Gasteiger partial charge in [0.2, 0.25) is 5.91 Å². The molecule has 0 fully saturated rings. The summed E-state index contributed by atoms with van der Waals surface area (Å²) in [7, 11) is 0. The molecular formula is C26H20FN3O2. The predicted molar refractivity (Wildman–Crippen MR) is 118 cm³/mol. The summed E-state index contributed by atoms with van der Waals surface area (Å²) in [5.41, 5.74) is 5.42. The van der Waals surface area contributed by atoms with Gasteiger partial charge in [-0.3, -0.25) is 9.59 Å². The van der Waals surface area contributed by atoms with E-state index in [1.54, 1.807) is 17.0 Å². The van der Waals surface area contributed by atoms with Gasteiger partial charge in [0.1, 0.15) is 11.9 Å². The zero-order valence-corrected chi connectivity index (χ0v) is 17.1. The van der Waals surface area contributed by atoms with Gasteiger partial charge in [-0.1, -0.05) is 48.5 Å². The summed E-state index contributed by atoms with van der Waals surface area (Å²) in [5, 5.41) is 4.03. The first kappa shape index (κ1) is 18.8. The van der Waals surface area contributed by atoms with Gasteiger partial charge >= 0.3 is 0 Å². The van der Waals surface area contributed by atoms with E-state index in [0.29, 0.717) is 12.0 Å². The molecule has 4 aromatic rings. The molecule has 158 valence electrons. The largest absolute Gasteiger partial charge is 0.356 e. The molecule has 0 saturated carbocycles. The average molecular weight is 425 g/mol. The third-order valence-electron chi connectivity index (χ3n) is 6.53. The van der Waals surface area contributed by atoms with Gasteiger partial charge in [0.25, 0.3) is 5.91 Å². The van der Waals surface area contributed by atoms with Gasteiger partial charge in [0.05, 0.1) is 6.04 Å². The Morgan fingerprint density at radius 2 is 1.78 bits per heavy atom. The van der Waals surface area contributed by atoms with Crippen molar-refractivity contribution in [1.29, 1.82) is 0 Å². The maximum absolute atomic E-state index is 13.4. The number of rotatable bonds is 3. The standard InChI is InChI=1S/C26H20FN3O2/c27-16-11-9-15(10-12-16)14-28-25(31)22-13-20-17-5-3-4-8-21(17)29-23(20)24-18-6-1-2-7-19(18)26(32)30(22)24/h1-12,22,24,29H,13-14H2,(H,28,31)/t22-,24-/m1/s1. The molecule has 2 aliphatic rings. The fourth-order valence-corrected chi connectivity index (χ4v) is 5.05. The van der Waals surface area contributed by atoms with Crippen LogP contribution in [0, 0.1) is 5.82 Å². The first-order valence-electron chi connectivity index (χ1n) is 10.6. The van der Waals surface area contributed by atoms with Gasteiger partial charge in [-0.2, -0.15) is 0 Å². The minimum Gasteiger partial charge on any atom is -0.356 e. The van der Waals surface area contributed by atoms with E-state index in [1.165, 1.54) is 12.1 Å². The fourth-order valence-electron chi connectivity index (χ4n) is 5.05. The Bertz CT molecular complexity index is 1380. The first-order valence-corrected chi connectivity index (χ1v) is 10.6. The zero-order valence-electron chi connectivity index (χ0n) is 17.1. The Balaban J connectivity index is 1.41. The summed E-state index contributed by atoms with van der Waals surface area (Å²) in [5.74, 6) is -0.657. The molecular weight excluding hydrogens is 405 g/mol. The number of nitrogens with one attached hydrogen (secondary N) is 2. The summed E-state index contributed by atoms with van der Waals surface area (Å²) in [6, 6.07) is 20.7. The van der Waals surface area contributed by atoms with Gasteiger partial charge in [0, 0.05) is 35.1 Å². The molecule has 32 heavy (non-hydrogen) atoms. The second-order valence-corrected chi connectivity index (χ2v) is 8.33. The molecule has 2 N–H and O–H groups in total. The predicted octanol–water partition coefficient (Wildman–Crippen LogP) is 4.09. The van der Waals surface area contributed by atoms with Crippen molar-refractivity contribution in [2.75, 3.05) is 0 Å². The van der Waals surface area contributed by atoms with Gasteiger partial charge in [-0.25, -0.2) is 4.39 Å². The van der Waals surface area contributed by atoms with E-state index in [4.69, 9.17) is 0 Å². The van der Waals surface area contributed by atoms with Crippen LogP contribution in [-0.2, 0) is 17.8 Å². The lowest BCUT2D eigenvalue weighted by molar-refractivity contribution is -0.126. The molecule has 6 heteroatoms.